The molecule has 8 nitrogen and oxygen atoms in total. The number of carbonyl (C=O) groups is 1. The van der Waals surface area contributed by atoms with Crippen LogP contribution in [0.5, 0.6) is 0 Å². The highest BCUT2D eigenvalue weighted by molar-refractivity contribution is 5.78. The molecule has 0 radical (unpaired) electrons. The molecule has 1 aliphatic heterocycles. The minimum absolute atomic E-state index is 0.0343. The quantitative estimate of drug-likeness (QED) is 0.676. The van der Waals surface area contributed by atoms with Gasteiger partial charge in [-0.25, -0.2) is 4.98 Å². The number of nitrogens with zero attached hydrogens (tertiary/aromatic N) is 5. The van der Waals surface area contributed by atoms with Crippen molar-refractivity contribution in [3.05, 3.63) is 22.9 Å². The summed E-state index contributed by atoms with van der Waals surface area (Å²) in [4.78, 5) is 33.1. The lowest BCUT2D eigenvalue weighted by Gasteiger charge is -2.52. The summed E-state index contributed by atoms with van der Waals surface area (Å²) in [5, 5.41) is 16.9. The summed E-state index contributed by atoms with van der Waals surface area (Å²) in [6.45, 7) is 6.09. The summed E-state index contributed by atoms with van der Waals surface area (Å²) >= 11 is 0. The first kappa shape index (κ1) is 24.5. The third-order valence-electron chi connectivity index (χ3n) is 9.29. The van der Waals surface area contributed by atoms with Crippen molar-refractivity contribution < 1.29 is 9.90 Å². The van der Waals surface area contributed by atoms with Gasteiger partial charge in [0.2, 0.25) is 5.91 Å². The van der Waals surface area contributed by atoms with Gasteiger partial charge >= 0.3 is 0 Å². The zero-order chi connectivity index (χ0) is 24.6. The van der Waals surface area contributed by atoms with Crippen LogP contribution in [0.1, 0.15) is 84.5 Å². The molecule has 5 rings (SSSR count). The lowest BCUT2D eigenvalue weighted by atomic mass is 9.65. The lowest BCUT2D eigenvalue weighted by molar-refractivity contribution is -0.163. The maximum atomic E-state index is 13.5. The molecule has 3 aliphatic rings. The molecule has 192 valence electrons. The van der Waals surface area contributed by atoms with E-state index in [0.717, 1.165) is 32.1 Å². The predicted molar refractivity (Wildman–Crippen MR) is 135 cm³/mol. The van der Waals surface area contributed by atoms with Crippen LogP contribution in [0, 0.1) is 17.3 Å². The Hall–Kier alpha value is -2.22. The molecule has 3 heterocycles. The predicted octanol–water partition coefficient (Wildman–Crippen LogP) is 3.74. The molecule has 3 fully saturated rings. The average molecular weight is 484 g/mol. The molecule has 35 heavy (non-hydrogen) atoms. The molecular weight excluding hydrogens is 442 g/mol. The highest BCUT2D eigenvalue weighted by Crippen LogP contribution is 2.51. The van der Waals surface area contributed by atoms with Crippen molar-refractivity contribution in [3.8, 4) is 0 Å². The maximum Gasteiger partial charge on any atom is 0.264 e. The third kappa shape index (κ3) is 4.54. The summed E-state index contributed by atoms with van der Waals surface area (Å²) < 4.78 is 3.28. The fraction of sp³-hybridized carbons (Fsp3) is 0.778. The molecule has 2 aliphatic carbocycles. The zero-order valence-electron chi connectivity index (χ0n) is 21.4. The number of aliphatic hydroxyl groups is 1. The lowest BCUT2D eigenvalue weighted by Crippen LogP contribution is -2.62. The first-order valence-corrected chi connectivity index (χ1v) is 13.8. The molecule has 2 aromatic heterocycles. The van der Waals surface area contributed by atoms with E-state index in [1.165, 1.54) is 38.4 Å². The van der Waals surface area contributed by atoms with Gasteiger partial charge in [-0.15, -0.1) is 0 Å². The van der Waals surface area contributed by atoms with Crippen LogP contribution in [0.15, 0.2) is 17.3 Å². The van der Waals surface area contributed by atoms with E-state index < -0.39 is 5.60 Å². The van der Waals surface area contributed by atoms with Gasteiger partial charge in [0.15, 0.2) is 5.65 Å². The van der Waals surface area contributed by atoms with E-state index in [4.69, 9.17) is 0 Å². The highest BCUT2D eigenvalue weighted by atomic mass is 16.3. The average Bonchev–Trinajstić information content (AvgIpc) is 3.51. The van der Waals surface area contributed by atoms with Crippen molar-refractivity contribution in [3.63, 3.8) is 0 Å². The Morgan fingerprint density at radius 3 is 2.63 bits per heavy atom. The second-order valence-electron chi connectivity index (χ2n) is 11.6. The van der Waals surface area contributed by atoms with Crippen molar-refractivity contribution in [1.29, 1.82) is 0 Å². The molecule has 0 bridgehead atoms. The molecule has 1 spiro atoms. The number of fused-ring (bicyclic) bond motifs is 1. The molecule has 2 saturated carbocycles. The summed E-state index contributed by atoms with van der Waals surface area (Å²) in [6.07, 6.45) is 15.1. The van der Waals surface area contributed by atoms with Crippen LogP contribution in [0.3, 0.4) is 0 Å². The van der Waals surface area contributed by atoms with Crippen LogP contribution in [-0.2, 0) is 17.9 Å². The van der Waals surface area contributed by atoms with Gasteiger partial charge in [-0.1, -0.05) is 51.9 Å². The van der Waals surface area contributed by atoms with Gasteiger partial charge in [-0.2, -0.15) is 5.10 Å². The van der Waals surface area contributed by atoms with Crippen LogP contribution in [0.2, 0.25) is 0 Å². The van der Waals surface area contributed by atoms with Gasteiger partial charge in [0.05, 0.1) is 12.1 Å². The van der Waals surface area contributed by atoms with E-state index in [0.29, 0.717) is 43.0 Å². The van der Waals surface area contributed by atoms with Crippen molar-refractivity contribution in [1.82, 2.24) is 24.2 Å². The number of amides is 1. The Morgan fingerprint density at radius 1 is 1.17 bits per heavy atom. The number of carbonyl (C=O) groups excluding carboxylic acids is 1. The van der Waals surface area contributed by atoms with Crippen LogP contribution < -0.4 is 5.56 Å². The number of hydrogen-bond acceptors (Lipinski definition) is 5. The van der Waals surface area contributed by atoms with E-state index >= 15 is 0 Å². The number of aromatic nitrogens is 4. The Kier molecular flexibility index (Phi) is 6.77. The molecule has 1 unspecified atom stereocenters. The summed E-state index contributed by atoms with van der Waals surface area (Å²) in [7, 11) is 0. The fourth-order valence-corrected chi connectivity index (χ4v) is 7.17. The molecule has 1 N–H and O–H groups in total. The van der Waals surface area contributed by atoms with Crippen LogP contribution in [0.4, 0.5) is 0 Å². The van der Waals surface area contributed by atoms with Crippen LogP contribution >= 0.6 is 0 Å². The molecule has 0 aromatic carbocycles. The second-order valence-corrected chi connectivity index (χ2v) is 11.6. The molecule has 1 saturated heterocycles. The van der Waals surface area contributed by atoms with Crippen molar-refractivity contribution in [2.75, 3.05) is 13.1 Å². The van der Waals surface area contributed by atoms with Crippen LogP contribution in [0.25, 0.3) is 11.0 Å². The second kappa shape index (κ2) is 9.68. The van der Waals surface area contributed by atoms with Crippen molar-refractivity contribution in [2.45, 2.75) is 103 Å². The van der Waals surface area contributed by atoms with E-state index in [1.807, 2.05) is 11.8 Å². The Morgan fingerprint density at radius 2 is 1.91 bits per heavy atom. The normalized spacial score (nSPS) is 26.0. The Labute approximate surface area is 207 Å². The molecule has 1 amide bonds. The number of piperidine rings is 1. The van der Waals surface area contributed by atoms with E-state index in [-0.39, 0.29) is 29.3 Å². The van der Waals surface area contributed by atoms with E-state index in [2.05, 4.69) is 17.0 Å². The standard InChI is InChI=1S/C27H41N5O3/c1-3-32-16-22-23(29-32)28-19-31(25(22)34)18-27(35)13-14-30(17-26(27)11-7-8-12-26)24(33)20(2)15-21-9-5-4-6-10-21/h16,19-21,35H,3-15,17-18H2,1-2H3/t20-,27?/m1/s1. The first-order chi connectivity index (χ1) is 16.8. The topological polar surface area (TPSA) is 93.2 Å². The summed E-state index contributed by atoms with van der Waals surface area (Å²) in [5.41, 5.74) is -1.11. The largest absolute Gasteiger partial charge is 0.387 e. The first-order valence-electron chi connectivity index (χ1n) is 13.8. The van der Waals surface area contributed by atoms with E-state index in [9.17, 15) is 14.7 Å². The Bertz CT molecular complexity index is 1110. The fourth-order valence-electron chi connectivity index (χ4n) is 7.17. The van der Waals surface area contributed by atoms with Crippen molar-refractivity contribution >= 4 is 16.9 Å². The minimum Gasteiger partial charge on any atom is -0.387 e. The highest BCUT2D eigenvalue weighted by Gasteiger charge is 2.55. The zero-order valence-corrected chi connectivity index (χ0v) is 21.4. The number of hydrogen-bond donors (Lipinski definition) is 1. The summed E-state index contributed by atoms with van der Waals surface area (Å²) in [6, 6.07) is 0. The van der Waals surface area contributed by atoms with Crippen molar-refractivity contribution in [2.24, 2.45) is 17.3 Å². The number of likely N-dealkylation sites (tertiary alicyclic amines) is 1. The van der Waals surface area contributed by atoms with Gasteiger partial charge in [0.25, 0.3) is 5.56 Å². The monoisotopic (exact) mass is 483 g/mol. The third-order valence-corrected chi connectivity index (χ3v) is 9.29. The van der Waals surface area contributed by atoms with Gasteiger partial charge in [0.1, 0.15) is 11.7 Å². The smallest absolute Gasteiger partial charge is 0.264 e. The minimum atomic E-state index is -1.03. The SMILES string of the molecule is CCn1cc2c(=O)n(CC3(O)CCN(C(=O)[C@H](C)CC4CCCCC4)CC34CCCC4)cnc2n1. The number of aryl methyl sites for hydroxylation is 1. The molecular formula is C27H41N5O3. The molecule has 2 atom stereocenters. The maximum absolute atomic E-state index is 13.5. The van der Waals surface area contributed by atoms with Gasteiger partial charge in [-0.05, 0) is 38.5 Å². The number of rotatable bonds is 6. The van der Waals surface area contributed by atoms with Gasteiger partial charge in [0, 0.05) is 37.2 Å². The summed E-state index contributed by atoms with van der Waals surface area (Å²) in [5.74, 6) is 0.958. The van der Waals surface area contributed by atoms with Gasteiger partial charge in [-0.3, -0.25) is 18.8 Å². The molecule has 2 aromatic rings. The Balaban J connectivity index is 1.34. The van der Waals surface area contributed by atoms with Gasteiger partial charge < -0.3 is 10.0 Å². The molecule has 8 heteroatoms. The van der Waals surface area contributed by atoms with E-state index in [1.54, 1.807) is 15.4 Å². The van der Waals surface area contributed by atoms with Crippen LogP contribution in [-0.4, -0.2) is 53.9 Å².